The molecular formula is C14H15NO3S. The Labute approximate surface area is 114 Å². The van der Waals surface area contributed by atoms with Gasteiger partial charge in [-0.2, -0.15) is 0 Å². The van der Waals surface area contributed by atoms with Crippen LogP contribution in [0.5, 0.6) is 11.5 Å². The van der Waals surface area contributed by atoms with Crippen molar-refractivity contribution in [3.63, 3.8) is 0 Å². The molecule has 0 atom stereocenters. The first-order chi connectivity index (χ1) is 9.08. The second-order valence-electron chi connectivity index (χ2n) is 3.95. The maximum atomic E-state index is 12.1. The molecule has 0 spiro atoms. The fraction of sp³-hybridized carbons (Fsp3) is 0.214. The smallest absolute Gasteiger partial charge is 0.269 e. The van der Waals surface area contributed by atoms with E-state index in [1.165, 1.54) is 18.4 Å². The molecule has 0 aliphatic rings. The van der Waals surface area contributed by atoms with Crippen LogP contribution in [0.2, 0.25) is 0 Å². The molecule has 0 fully saturated rings. The van der Waals surface area contributed by atoms with E-state index in [0.717, 1.165) is 0 Å². The average Bonchev–Trinajstić information content (AvgIpc) is 2.66. The number of hydrogen-bond donors (Lipinski definition) is 1. The lowest BCUT2D eigenvalue weighted by Gasteiger charge is -2.04. The van der Waals surface area contributed by atoms with Crippen molar-refractivity contribution in [2.24, 2.45) is 0 Å². The van der Waals surface area contributed by atoms with E-state index < -0.39 is 0 Å². The number of ether oxygens (including phenoxy) is 1. The third kappa shape index (κ3) is 2.42. The molecule has 1 N–H and O–H groups in total. The maximum Gasteiger partial charge on any atom is 0.269 e. The first-order valence-corrected chi connectivity index (χ1v) is 6.66. The number of rotatable bonds is 3. The zero-order chi connectivity index (χ0) is 14.0. The highest BCUT2D eigenvalue weighted by atomic mass is 32.1. The Hall–Kier alpha value is -2.01. The molecule has 0 saturated carbocycles. The van der Waals surface area contributed by atoms with E-state index >= 15 is 0 Å². The maximum absolute atomic E-state index is 12.1. The van der Waals surface area contributed by atoms with Crippen LogP contribution in [-0.4, -0.2) is 16.8 Å². The normalized spacial score (nSPS) is 11.8. The van der Waals surface area contributed by atoms with Gasteiger partial charge in [0.1, 0.15) is 0 Å². The Kier molecular flexibility index (Phi) is 3.76. The van der Waals surface area contributed by atoms with Gasteiger partial charge in [0.15, 0.2) is 11.5 Å². The number of aromatic nitrogens is 1. The predicted octanol–water partition coefficient (Wildman–Crippen LogP) is 0.883. The van der Waals surface area contributed by atoms with Crippen molar-refractivity contribution >= 4 is 24.0 Å². The van der Waals surface area contributed by atoms with Crippen LogP contribution in [0.3, 0.4) is 0 Å². The van der Waals surface area contributed by atoms with Gasteiger partial charge in [-0.3, -0.25) is 9.36 Å². The van der Waals surface area contributed by atoms with E-state index in [0.29, 0.717) is 27.1 Å². The number of benzene rings is 1. The number of phenolic OH excluding ortho intramolecular Hbond substituents is 1. The van der Waals surface area contributed by atoms with Gasteiger partial charge in [0.05, 0.1) is 16.3 Å². The molecule has 1 aromatic heterocycles. The molecule has 19 heavy (non-hydrogen) atoms. The Morgan fingerprint density at radius 1 is 1.53 bits per heavy atom. The second-order valence-corrected chi connectivity index (χ2v) is 5.07. The molecule has 2 rings (SSSR count). The van der Waals surface area contributed by atoms with Gasteiger partial charge in [0, 0.05) is 12.1 Å². The molecule has 0 aliphatic heterocycles. The molecule has 2 aromatic rings. The summed E-state index contributed by atoms with van der Waals surface area (Å²) in [6.07, 6.45) is 1.66. The van der Waals surface area contributed by atoms with E-state index in [2.05, 4.69) is 6.58 Å². The van der Waals surface area contributed by atoms with E-state index in [4.69, 9.17) is 4.74 Å². The van der Waals surface area contributed by atoms with Gasteiger partial charge < -0.3 is 9.84 Å². The second kappa shape index (κ2) is 5.32. The highest BCUT2D eigenvalue weighted by molar-refractivity contribution is 7.07. The molecule has 0 amide bonds. The van der Waals surface area contributed by atoms with E-state index in [1.807, 2.05) is 6.92 Å². The third-order valence-electron chi connectivity index (χ3n) is 2.84. The van der Waals surface area contributed by atoms with Crippen molar-refractivity contribution in [3.8, 4) is 11.5 Å². The van der Waals surface area contributed by atoms with Crippen LogP contribution in [0, 0.1) is 0 Å². The number of aromatic hydroxyl groups is 1. The third-order valence-corrected chi connectivity index (χ3v) is 3.81. The molecular weight excluding hydrogens is 262 g/mol. The van der Waals surface area contributed by atoms with Gasteiger partial charge >= 0.3 is 0 Å². The van der Waals surface area contributed by atoms with Gasteiger partial charge in [0.25, 0.3) is 5.56 Å². The van der Waals surface area contributed by atoms with Gasteiger partial charge in [-0.05, 0) is 19.1 Å². The Morgan fingerprint density at radius 2 is 2.26 bits per heavy atom. The highest BCUT2D eigenvalue weighted by Gasteiger charge is 2.06. The first-order valence-electron chi connectivity index (χ1n) is 5.84. The van der Waals surface area contributed by atoms with Crippen molar-refractivity contribution in [3.05, 3.63) is 43.3 Å². The number of phenols is 1. The Morgan fingerprint density at radius 3 is 2.84 bits per heavy atom. The van der Waals surface area contributed by atoms with Crippen LogP contribution in [0.4, 0.5) is 0 Å². The predicted molar refractivity (Wildman–Crippen MR) is 77.3 cm³/mol. The largest absolute Gasteiger partial charge is 0.504 e. The SMILES string of the molecule is C=c1s/c(=C\c2cccc(OC)c2O)c(=O)n1CC. The molecule has 0 saturated heterocycles. The van der Waals surface area contributed by atoms with Gasteiger partial charge in [-0.1, -0.05) is 18.7 Å². The minimum atomic E-state index is -0.0836. The number of methoxy groups -OCH3 is 1. The summed E-state index contributed by atoms with van der Waals surface area (Å²) >= 11 is 1.31. The molecule has 1 aromatic carbocycles. The summed E-state index contributed by atoms with van der Waals surface area (Å²) in [6, 6.07) is 5.16. The molecule has 1 heterocycles. The summed E-state index contributed by atoms with van der Waals surface area (Å²) in [5.41, 5.74) is 0.473. The summed E-state index contributed by atoms with van der Waals surface area (Å²) in [7, 11) is 1.49. The lowest BCUT2D eigenvalue weighted by Crippen LogP contribution is -2.30. The van der Waals surface area contributed by atoms with Gasteiger partial charge in [0.2, 0.25) is 0 Å². The van der Waals surface area contributed by atoms with Crippen LogP contribution >= 0.6 is 11.3 Å². The molecule has 0 bridgehead atoms. The summed E-state index contributed by atoms with van der Waals surface area (Å²) in [4.78, 5) is 12.1. The fourth-order valence-electron chi connectivity index (χ4n) is 1.84. The fourth-order valence-corrected chi connectivity index (χ4v) is 2.80. The van der Waals surface area contributed by atoms with Crippen molar-refractivity contribution in [1.29, 1.82) is 0 Å². The summed E-state index contributed by atoms with van der Waals surface area (Å²) < 4.78 is 7.91. The minimum Gasteiger partial charge on any atom is -0.504 e. The zero-order valence-electron chi connectivity index (χ0n) is 10.8. The van der Waals surface area contributed by atoms with E-state index in [1.54, 1.807) is 28.8 Å². The highest BCUT2D eigenvalue weighted by Crippen LogP contribution is 2.29. The van der Waals surface area contributed by atoms with Crippen molar-refractivity contribution in [2.75, 3.05) is 7.11 Å². The standard InChI is InChI=1S/C14H15NO3S/c1-4-15-9(2)19-12(14(15)17)8-10-6-5-7-11(18-3)13(10)16/h5-8,16H,2,4H2,1,3H3/b12-8-. The molecule has 0 unspecified atom stereocenters. The van der Waals surface area contributed by atoms with Gasteiger partial charge in [-0.15, -0.1) is 11.3 Å². The molecule has 4 nitrogen and oxygen atoms in total. The molecule has 0 radical (unpaired) electrons. The molecule has 5 heteroatoms. The zero-order valence-corrected chi connectivity index (χ0v) is 11.7. The van der Waals surface area contributed by atoms with E-state index in [-0.39, 0.29) is 11.3 Å². The lowest BCUT2D eigenvalue weighted by atomic mass is 10.2. The Bertz CT molecular complexity index is 758. The van der Waals surface area contributed by atoms with Crippen LogP contribution < -0.4 is 19.5 Å². The lowest BCUT2D eigenvalue weighted by molar-refractivity contribution is 0.373. The Balaban J connectivity index is 2.66. The van der Waals surface area contributed by atoms with E-state index in [9.17, 15) is 9.90 Å². The van der Waals surface area contributed by atoms with Crippen molar-refractivity contribution < 1.29 is 9.84 Å². The number of para-hydroxylation sites is 1. The monoisotopic (exact) mass is 277 g/mol. The minimum absolute atomic E-state index is 0.0338. The first kappa shape index (κ1) is 13.4. The van der Waals surface area contributed by atoms with Crippen LogP contribution in [0.1, 0.15) is 12.5 Å². The average molecular weight is 277 g/mol. The van der Waals surface area contributed by atoms with Crippen LogP contribution in [0.25, 0.3) is 12.7 Å². The topological polar surface area (TPSA) is 51.5 Å². The summed E-state index contributed by atoms with van der Waals surface area (Å²) in [6.45, 7) is 6.33. The van der Waals surface area contributed by atoms with Gasteiger partial charge in [-0.25, -0.2) is 0 Å². The summed E-state index contributed by atoms with van der Waals surface area (Å²) in [5.74, 6) is 0.419. The molecule has 0 aliphatic carbocycles. The number of nitrogens with zero attached hydrogens (tertiary/aromatic N) is 1. The van der Waals surface area contributed by atoms with Crippen molar-refractivity contribution in [1.82, 2.24) is 4.57 Å². The quantitative estimate of drug-likeness (QED) is 0.906. The number of hydrogen-bond acceptors (Lipinski definition) is 4. The molecule has 100 valence electrons. The van der Waals surface area contributed by atoms with Crippen LogP contribution in [0.15, 0.2) is 23.0 Å². The summed E-state index contributed by atoms with van der Waals surface area (Å²) in [5, 5.41) is 10.00. The van der Waals surface area contributed by atoms with Crippen molar-refractivity contribution in [2.45, 2.75) is 13.5 Å². The van der Waals surface area contributed by atoms with Crippen LogP contribution in [-0.2, 0) is 6.54 Å². The number of thiazole rings is 1.